The Morgan fingerprint density at radius 3 is 2.40 bits per heavy atom. The Labute approximate surface area is 247 Å². The number of hydrogen-bond acceptors (Lipinski definition) is 9. The van der Waals surface area contributed by atoms with Gasteiger partial charge in [0.05, 0.1) is 29.7 Å². The van der Waals surface area contributed by atoms with Crippen molar-refractivity contribution < 1.29 is 32.6 Å². The second-order valence-corrected chi connectivity index (χ2v) is 12.3. The quantitative estimate of drug-likeness (QED) is 0.272. The van der Waals surface area contributed by atoms with Gasteiger partial charge in [-0.05, 0) is 37.1 Å². The van der Waals surface area contributed by atoms with Crippen LogP contribution in [-0.4, -0.2) is 86.7 Å². The molecule has 0 spiro atoms. The Morgan fingerprint density at radius 2 is 1.76 bits per heavy atom. The molecule has 0 saturated carbocycles. The molecule has 0 aromatic heterocycles. The third-order valence-corrected chi connectivity index (χ3v) is 8.30. The summed E-state index contributed by atoms with van der Waals surface area (Å²) in [4.78, 5) is 25.8. The molecule has 0 fully saturated rings. The van der Waals surface area contributed by atoms with Gasteiger partial charge in [-0.1, -0.05) is 44.2 Å². The fraction of sp³-hybridized carbons (Fsp3) is 0.483. The highest BCUT2D eigenvalue weighted by Gasteiger charge is 2.36. The SMILES string of the molecule is CNCC(=O)NN(C(=O)CCC#N)[C@@H](Cc1ccccc1)[C@H](O)CN(CC(C)C)S(=O)(=O)c1ccc2c(c1)OCCO2. The topological polar surface area (TPSA) is 161 Å². The minimum atomic E-state index is -4.13. The number of hydrazine groups is 1. The van der Waals surface area contributed by atoms with Gasteiger partial charge in [0.15, 0.2) is 11.5 Å². The average molecular weight is 602 g/mol. The number of fused-ring (bicyclic) bond motifs is 1. The molecule has 3 rings (SSSR count). The van der Waals surface area contributed by atoms with E-state index in [0.29, 0.717) is 24.7 Å². The number of rotatable bonds is 14. The second kappa shape index (κ2) is 15.5. The van der Waals surface area contributed by atoms with Gasteiger partial charge in [-0.2, -0.15) is 9.57 Å². The van der Waals surface area contributed by atoms with Crippen LogP contribution in [0.4, 0.5) is 0 Å². The highest BCUT2D eigenvalue weighted by atomic mass is 32.2. The molecule has 0 bridgehead atoms. The van der Waals surface area contributed by atoms with Crippen molar-refractivity contribution in [2.45, 2.75) is 50.2 Å². The summed E-state index contributed by atoms with van der Waals surface area (Å²) in [5.41, 5.74) is 3.32. The predicted molar refractivity (Wildman–Crippen MR) is 155 cm³/mol. The maximum Gasteiger partial charge on any atom is 0.252 e. The number of carbonyl (C=O) groups excluding carboxylic acids is 2. The molecule has 0 aliphatic carbocycles. The molecule has 2 aromatic carbocycles. The number of likely N-dealkylation sites (N-methyl/N-ethyl adjacent to an activating group) is 1. The number of carbonyl (C=O) groups is 2. The van der Waals surface area contributed by atoms with Crippen molar-refractivity contribution in [1.29, 1.82) is 5.26 Å². The van der Waals surface area contributed by atoms with Crippen LogP contribution in [0, 0.1) is 17.2 Å². The van der Waals surface area contributed by atoms with Crippen LogP contribution in [0.15, 0.2) is 53.4 Å². The number of amides is 2. The van der Waals surface area contributed by atoms with E-state index >= 15 is 0 Å². The smallest absolute Gasteiger partial charge is 0.252 e. The molecule has 2 atom stereocenters. The lowest BCUT2D eigenvalue weighted by molar-refractivity contribution is -0.147. The summed E-state index contributed by atoms with van der Waals surface area (Å²) in [6, 6.07) is 14.3. The van der Waals surface area contributed by atoms with Gasteiger partial charge >= 0.3 is 0 Å². The van der Waals surface area contributed by atoms with E-state index in [1.807, 2.05) is 38.1 Å². The van der Waals surface area contributed by atoms with Gasteiger partial charge in [0.2, 0.25) is 15.9 Å². The molecular formula is C29H39N5O7S. The molecule has 3 N–H and O–H groups in total. The zero-order valence-corrected chi connectivity index (χ0v) is 25.0. The molecule has 13 heteroatoms. The van der Waals surface area contributed by atoms with Crippen LogP contribution in [0.25, 0.3) is 0 Å². The van der Waals surface area contributed by atoms with Crippen LogP contribution in [-0.2, 0) is 26.0 Å². The van der Waals surface area contributed by atoms with Crippen molar-refractivity contribution >= 4 is 21.8 Å². The van der Waals surface area contributed by atoms with Crippen molar-refractivity contribution in [3.8, 4) is 17.6 Å². The maximum absolute atomic E-state index is 13.9. The molecule has 1 heterocycles. The minimum Gasteiger partial charge on any atom is -0.486 e. The molecule has 228 valence electrons. The van der Waals surface area contributed by atoms with E-state index in [2.05, 4.69) is 10.7 Å². The Bertz CT molecular complexity index is 1350. The summed E-state index contributed by atoms with van der Waals surface area (Å²) in [6.45, 7) is 3.99. The second-order valence-electron chi connectivity index (χ2n) is 10.3. The van der Waals surface area contributed by atoms with Crippen molar-refractivity contribution in [2.75, 3.05) is 39.9 Å². The van der Waals surface area contributed by atoms with Gasteiger partial charge in [-0.15, -0.1) is 0 Å². The minimum absolute atomic E-state index is 0.0246. The first-order valence-electron chi connectivity index (χ1n) is 13.8. The fourth-order valence-electron chi connectivity index (χ4n) is 4.54. The summed E-state index contributed by atoms with van der Waals surface area (Å²) >= 11 is 0. The monoisotopic (exact) mass is 601 g/mol. The summed E-state index contributed by atoms with van der Waals surface area (Å²) in [6.07, 6.45) is -1.60. The lowest BCUT2D eigenvalue weighted by Crippen LogP contribution is -2.60. The van der Waals surface area contributed by atoms with Crippen molar-refractivity contribution in [1.82, 2.24) is 20.1 Å². The Balaban J connectivity index is 1.99. The lowest BCUT2D eigenvalue weighted by Gasteiger charge is -2.37. The van der Waals surface area contributed by atoms with Crippen LogP contribution in [0.2, 0.25) is 0 Å². The van der Waals surface area contributed by atoms with Gasteiger partial charge in [0, 0.05) is 32.0 Å². The van der Waals surface area contributed by atoms with Crippen molar-refractivity contribution in [3.05, 3.63) is 54.1 Å². The maximum atomic E-state index is 13.9. The highest BCUT2D eigenvalue weighted by Crippen LogP contribution is 2.33. The van der Waals surface area contributed by atoms with E-state index in [1.54, 1.807) is 19.2 Å². The van der Waals surface area contributed by atoms with E-state index in [1.165, 1.54) is 22.5 Å². The Kier molecular flexibility index (Phi) is 12.1. The largest absolute Gasteiger partial charge is 0.486 e. The first kappa shape index (κ1) is 32.8. The predicted octanol–water partition coefficient (Wildman–Crippen LogP) is 1.46. The van der Waals surface area contributed by atoms with Crippen LogP contribution in [0.5, 0.6) is 11.5 Å². The summed E-state index contributed by atoms with van der Waals surface area (Å²) < 4.78 is 40.1. The van der Waals surface area contributed by atoms with Gasteiger partial charge < -0.3 is 19.9 Å². The van der Waals surface area contributed by atoms with Crippen LogP contribution in [0.3, 0.4) is 0 Å². The molecule has 1 aliphatic rings. The fourth-order valence-corrected chi connectivity index (χ4v) is 6.18. The molecular weight excluding hydrogens is 562 g/mol. The molecule has 0 radical (unpaired) electrons. The number of sulfonamides is 1. The number of nitrogens with one attached hydrogen (secondary N) is 2. The number of ether oxygens (including phenoxy) is 2. The number of hydrogen-bond donors (Lipinski definition) is 3. The van der Waals surface area contributed by atoms with E-state index in [4.69, 9.17) is 14.7 Å². The Morgan fingerprint density at radius 1 is 1.07 bits per heavy atom. The standard InChI is InChI=1S/C29H39N5O7S/c1-21(2)19-33(42(38,39)23-11-12-26-27(17-23)41-15-14-40-26)20-25(35)24(16-22-8-5-4-6-9-22)34(29(37)10-7-13-30)32-28(36)18-31-3/h4-6,8-9,11-12,17,21,24-25,31,35H,7,10,14-16,18-20H2,1-3H3,(H,32,36)/t24-,25+/m0/s1. The summed E-state index contributed by atoms with van der Waals surface area (Å²) in [5.74, 6) is -0.444. The molecule has 12 nitrogen and oxygen atoms in total. The molecule has 0 unspecified atom stereocenters. The first-order chi connectivity index (χ1) is 20.1. The van der Waals surface area contributed by atoms with Gasteiger partial charge in [0.1, 0.15) is 13.2 Å². The van der Waals surface area contributed by atoms with Crippen LogP contribution < -0.4 is 20.2 Å². The normalized spacial score (nSPS) is 14.2. The van der Waals surface area contributed by atoms with Gasteiger partial charge in [-0.3, -0.25) is 15.0 Å². The number of nitrogens with zero attached hydrogens (tertiary/aromatic N) is 3. The van der Waals surface area contributed by atoms with Crippen molar-refractivity contribution in [2.24, 2.45) is 5.92 Å². The molecule has 2 amide bonds. The zero-order chi connectivity index (χ0) is 30.7. The molecule has 0 saturated heterocycles. The van der Waals surface area contributed by atoms with E-state index in [9.17, 15) is 23.1 Å². The highest BCUT2D eigenvalue weighted by molar-refractivity contribution is 7.89. The van der Waals surface area contributed by atoms with Crippen LogP contribution in [0.1, 0.15) is 32.3 Å². The average Bonchev–Trinajstić information content (AvgIpc) is 2.97. The lowest BCUT2D eigenvalue weighted by atomic mass is 9.99. The Hall–Kier alpha value is -3.70. The van der Waals surface area contributed by atoms with Gasteiger partial charge in [-0.25, -0.2) is 13.4 Å². The number of aliphatic hydroxyl groups is 1. The van der Waals surface area contributed by atoms with Crippen molar-refractivity contribution in [3.63, 3.8) is 0 Å². The third kappa shape index (κ3) is 8.90. The molecule has 42 heavy (non-hydrogen) atoms. The van der Waals surface area contributed by atoms with E-state index < -0.39 is 34.0 Å². The van der Waals surface area contributed by atoms with E-state index in [0.717, 1.165) is 10.6 Å². The van der Waals surface area contributed by atoms with Crippen LogP contribution >= 0.6 is 0 Å². The number of nitriles is 1. The summed E-state index contributed by atoms with van der Waals surface area (Å²) in [7, 11) is -2.56. The molecule has 1 aliphatic heterocycles. The third-order valence-electron chi connectivity index (χ3n) is 6.48. The number of benzene rings is 2. The van der Waals surface area contributed by atoms with E-state index in [-0.39, 0.29) is 49.7 Å². The number of aliphatic hydroxyl groups excluding tert-OH is 1. The molecule has 2 aromatic rings. The first-order valence-corrected chi connectivity index (χ1v) is 15.3. The zero-order valence-electron chi connectivity index (χ0n) is 24.2. The van der Waals surface area contributed by atoms with Gasteiger partial charge in [0.25, 0.3) is 5.91 Å². The summed E-state index contributed by atoms with van der Waals surface area (Å²) in [5, 5.41) is 24.5.